The smallest absolute Gasteiger partial charge is 0.234 e. The molecule has 0 saturated heterocycles. The second-order valence-corrected chi connectivity index (χ2v) is 6.79. The van der Waals surface area contributed by atoms with Crippen molar-refractivity contribution in [2.75, 3.05) is 13.1 Å². The normalized spacial score (nSPS) is 13.0. The van der Waals surface area contributed by atoms with E-state index in [0.717, 1.165) is 9.35 Å². The number of hydrogen-bond acceptors (Lipinski definition) is 4. The zero-order chi connectivity index (χ0) is 14.4. The lowest BCUT2D eigenvalue weighted by molar-refractivity contribution is -0.123. The lowest BCUT2D eigenvalue weighted by atomic mass is 10.2. The number of aliphatic hydroxyl groups excluding tert-OH is 1. The molecule has 108 valence electrons. The van der Waals surface area contributed by atoms with Gasteiger partial charge in [-0.2, -0.15) is 0 Å². The summed E-state index contributed by atoms with van der Waals surface area (Å²) in [4.78, 5) is 15.0. The van der Waals surface area contributed by atoms with Gasteiger partial charge in [0.05, 0.1) is 19.2 Å². The van der Waals surface area contributed by atoms with Crippen LogP contribution >= 0.6 is 27.3 Å². The van der Waals surface area contributed by atoms with E-state index < -0.39 is 6.10 Å². The van der Waals surface area contributed by atoms with Gasteiger partial charge in [0, 0.05) is 27.3 Å². The Bertz CT molecular complexity index is 407. The van der Waals surface area contributed by atoms with Gasteiger partial charge in [-0.15, -0.1) is 11.3 Å². The number of thiophene rings is 1. The molecule has 0 aliphatic rings. The van der Waals surface area contributed by atoms with E-state index in [4.69, 9.17) is 0 Å². The van der Waals surface area contributed by atoms with Crippen LogP contribution in [-0.4, -0.2) is 41.1 Å². The van der Waals surface area contributed by atoms with E-state index in [1.54, 1.807) is 18.3 Å². The first-order valence-electron chi connectivity index (χ1n) is 6.30. The van der Waals surface area contributed by atoms with Crippen LogP contribution in [-0.2, 0) is 11.3 Å². The van der Waals surface area contributed by atoms with Crippen LogP contribution in [0.4, 0.5) is 0 Å². The number of halogens is 1. The van der Waals surface area contributed by atoms with E-state index in [-0.39, 0.29) is 11.9 Å². The van der Waals surface area contributed by atoms with Crippen molar-refractivity contribution in [1.29, 1.82) is 0 Å². The molecule has 19 heavy (non-hydrogen) atoms. The van der Waals surface area contributed by atoms with Crippen LogP contribution in [0.3, 0.4) is 0 Å². The molecule has 1 heterocycles. The number of carbonyl (C=O) groups excluding carboxylic acids is 1. The van der Waals surface area contributed by atoms with E-state index in [0.29, 0.717) is 19.6 Å². The minimum Gasteiger partial charge on any atom is -0.392 e. The second-order valence-electron chi connectivity index (χ2n) is 4.88. The largest absolute Gasteiger partial charge is 0.392 e. The van der Waals surface area contributed by atoms with E-state index >= 15 is 0 Å². The maximum Gasteiger partial charge on any atom is 0.234 e. The highest BCUT2D eigenvalue weighted by atomic mass is 79.9. The average molecular weight is 349 g/mol. The SMILES string of the molecule is CC(O)CN(CC(=O)NCc1cc(Br)cs1)C(C)C. The van der Waals surface area contributed by atoms with E-state index in [1.807, 2.05) is 30.2 Å². The highest BCUT2D eigenvalue weighted by Crippen LogP contribution is 2.19. The van der Waals surface area contributed by atoms with Gasteiger partial charge < -0.3 is 10.4 Å². The number of carbonyl (C=O) groups is 1. The van der Waals surface area contributed by atoms with Crippen molar-refractivity contribution in [2.24, 2.45) is 0 Å². The highest BCUT2D eigenvalue weighted by molar-refractivity contribution is 9.10. The molecule has 1 amide bonds. The Kier molecular flexibility index (Phi) is 6.99. The maximum absolute atomic E-state index is 11.9. The van der Waals surface area contributed by atoms with Crippen LogP contribution in [0.5, 0.6) is 0 Å². The van der Waals surface area contributed by atoms with Gasteiger partial charge in [0.25, 0.3) is 0 Å². The molecule has 0 spiro atoms. The minimum atomic E-state index is -0.427. The molecule has 1 atom stereocenters. The molecular formula is C13H21BrN2O2S. The molecule has 0 saturated carbocycles. The molecule has 2 N–H and O–H groups in total. The molecule has 6 heteroatoms. The van der Waals surface area contributed by atoms with E-state index in [1.165, 1.54) is 0 Å². The molecule has 1 rings (SSSR count). The zero-order valence-electron chi connectivity index (χ0n) is 11.5. The Balaban J connectivity index is 2.40. The van der Waals surface area contributed by atoms with Crippen LogP contribution in [0, 0.1) is 0 Å². The number of rotatable bonds is 7. The predicted molar refractivity (Wildman–Crippen MR) is 82.3 cm³/mol. The predicted octanol–water partition coefficient (Wildman–Crippen LogP) is 2.22. The molecule has 0 radical (unpaired) electrons. The average Bonchev–Trinajstić information content (AvgIpc) is 2.71. The minimum absolute atomic E-state index is 0.0149. The monoisotopic (exact) mass is 348 g/mol. The summed E-state index contributed by atoms with van der Waals surface area (Å²) in [7, 11) is 0. The van der Waals surface area contributed by atoms with E-state index in [2.05, 4.69) is 21.2 Å². The maximum atomic E-state index is 11.9. The summed E-state index contributed by atoms with van der Waals surface area (Å²) in [5, 5.41) is 14.3. The molecule has 0 fully saturated rings. The summed E-state index contributed by atoms with van der Waals surface area (Å²) in [5.74, 6) is -0.0149. The Hall–Kier alpha value is -0.430. The molecule has 4 nitrogen and oxygen atoms in total. The van der Waals surface area contributed by atoms with Crippen molar-refractivity contribution in [3.8, 4) is 0 Å². The zero-order valence-corrected chi connectivity index (χ0v) is 13.9. The van der Waals surface area contributed by atoms with Gasteiger partial charge in [-0.3, -0.25) is 9.69 Å². The van der Waals surface area contributed by atoms with Gasteiger partial charge in [0.15, 0.2) is 0 Å². The number of amides is 1. The quantitative estimate of drug-likeness (QED) is 0.794. The van der Waals surface area contributed by atoms with Gasteiger partial charge in [-0.1, -0.05) is 0 Å². The molecule has 1 unspecified atom stereocenters. The van der Waals surface area contributed by atoms with Crippen LogP contribution in [0.1, 0.15) is 25.6 Å². The lowest BCUT2D eigenvalue weighted by Gasteiger charge is -2.26. The summed E-state index contributed by atoms with van der Waals surface area (Å²) in [5.41, 5.74) is 0. The fourth-order valence-electron chi connectivity index (χ4n) is 1.67. The van der Waals surface area contributed by atoms with E-state index in [9.17, 15) is 9.90 Å². The standard InChI is InChI=1S/C13H21BrN2O2S/c1-9(2)16(6-10(3)17)7-13(18)15-5-12-4-11(14)8-19-12/h4,8-10,17H,5-7H2,1-3H3,(H,15,18). The first-order chi connectivity index (χ1) is 8.88. The molecule has 1 aromatic heterocycles. The highest BCUT2D eigenvalue weighted by Gasteiger charge is 2.15. The Morgan fingerprint density at radius 3 is 2.68 bits per heavy atom. The van der Waals surface area contributed by atoms with Gasteiger partial charge >= 0.3 is 0 Å². The topological polar surface area (TPSA) is 52.6 Å². The fraction of sp³-hybridized carbons (Fsp3) is 0.615. The van der Waals surface area contributed by atoms with Crippen molar-refractivity contribution >= 4 is 33.2 Å². The Morgan fingerprint density at radius 2 is 2.21 bits per heavy atom. The van der Waals surface area contributed by atoms with Crippen molar-refractivity contribution in [3.05, 3.63) is 20.8 Å². The number of aliphatic hydroxyl groups is 1. The summed E-state index contributed by atoms with van der Waals surface area (Å²) in [6.45, 7) is 7.15. The van der Waals surface area contributed by atoms with Crippen molar-refractivity contribution in [2.45, 2.75) is 39.5 Å². The van der Waals surface area contributed by atoms with Gasteiger partial charge in [-0.25, -0.2) is 0 Å². The summed E-state index contributed by atoms with van der Waals surface area (Å²) < 4.78 is 1.04. The third kappa shape index (κ3) is 6.51. The summed E-state index contributed by atoms with van der Waals surface area (Å²) in [6.07, 6.45) is -0.427. The Morgan fingerprint density at radius 1 is 1.53 bits per heavy atom. The fourth-order valence-corrected chi connectivity index (χ4v) is 3.06. The van der Waals surface area contributed by atoms with Crippen LogP contribution in [0.25, 0.3) is 0 Å². The van der Waals surface area contributed by atoms with Crippen molar-refractivity contribution in [1.82, 2.24) is 10.2 Å². The number of nitrogens with zero attached hydrogens (tertiary/aromatic N) is 1. The van der Waals surface area contributed by atoms with Gasteiger partial charge in [0.2, 0.25) is 5.91 Å². The number of nitrogens with one attached hydrogen (secondary N) is 1. The second kappa shape index (κ2) is 7.99. The van der Waals surface area contributed by atoms with Crippen molar-refractivity contribution < 1.29 is 9.90 Å². The number of hydrogen-bond donors (Lipinski definition) is 2. The van der Waals surface area contributed by atoms with Crippen LogP contribution in [0.15, 0.2) is 15.9 Å². The molecular weight excluding hydrogens is 328 g/mol. The summed E-state index contributed by atoms with van der Waals surface area (Å²) >= 11 is 5.00. The third-order valence-electron chi connectivity index (χ3n) is 2.66. The summed E-state index contributed by atoms with van der Waals surface area (Å²) in [6, 6.07) is 2.23. The molecule has 1 aromatic rings. The first kappa shape index (κ1) is 16.6. The Labute approximate surface area is 126 Å². The third-order valence-corrected chi connectivity index (χ3v) is 4.35. The lowest BCUT2D eigenvalue weighted by Crippen LogP contribution is -2.43. The van der Waals surface area contributed by atoms with Crippen molar-refractivity contribution in [3.63, 3.8) is 0 Å². The molecule has 0 aromatic carbocycles. The van der Waals surface area contributed by atoms with Gasteiger partial charge in [0.1, 0.15) is 0 Å². The van der Waals surface area contributed by atoms with Crippen LogP contribution < -0.4 is 5.32 Å². The van der Waals surface area contributed by atoms with Gasteiger partial charge in [-0.05, 0) is 42.8 Å². The molecule has 0 bridgehead atoms. The molecule has 0 aliphatic heterocycles. The van der Waals surface area contributed by atoms with Crippen LogP contribution in [0.2, 0.25) is 0 Å². The first-order valence-corrected chi connectivity index (χ1v) is 7.97. The molecule has 0 aliphatic carbocycles.